The predicted octanol–water partition coefficient (Wildman–Crippen LogP) is 3.70. The zero-order valence-corrected chi connectivity index (χ0v) is 15.1. The molecule has 112 valence electrons. The molecule has 20 heavy (non-hydrogen) atoms. The molecule has 1 fully saturated rings. The minimum absolute atomic E-state index is 0.0987. The van der Waals surface area contributed by atoms with Crippen molar-refractivity contribution in [1.82, 2.24) is 5.43 Å². The van der Waals surface area contributed by atoms with E-state index in [2.05, 4.69) is 80.8 Å². The molecular weight excluding hydrogens is 363 g/mol. The molecule has 3 N–H and O–H groups in total. The third-order valence-corrected chi connectivity index (χ3v) is 5.76. The summed E-state index contributed by atoms with van der Waals surface area (Å²) in [5.74, 6) is 6.25. The monoisotopic (exact) mass is 388 g/mol. The van der Waals surface area contributed by atoms with Gasteiger partial charge >= 0.3 is 0 Å². The van der Waals surface area contributed by atoms with E-state index in [-0.39, 0.29) is 17.2 Å². The molecule has 1 saturated heterocycles. The van der Waals surface area contributed by atoms with Crippen LogP contribution in [-0.4, -0.2) is 11.2 Å². The lowest BCUT2D eigenvalue weighted by Gasteiger charge is -2.33. The van der Waals surface area contributed by atoms with Gasteiger partial charge in [-0.05, 0) is 74.8 Å². The van der Waals surface area contributed by atoms with Crippen LogP contribution in [0.5, 0.6) is 0 Å². The Morgan fingerprint density at radius 1 is 1.35 bits per heavy atom. The van der Waals surface area contributed by atoms with Crippen molar-refractivity contribution in [2.45, 2.75) is 58.3 Å². The number of hydrazine groups is 1. The Bertz CT molecular complexity index is 499. The molecule has 1 aliphatic heterocycles. The number of ether oxygens (including phenoxy) is 1. The zero-order chi connectivity index (χ0) is 15.1. The maximum Gasteiger partial charge on any atom is 0.0681 e. The van der Waals surface area contributed by atoms with Gasteiger partial charge in [0, 0.05) is 9.49 Å². The summed E-state index contributed by atoms with van der Waals surface area (Å²) in [6, 6.07) is 6.52. The number of aryl methyl sites for hydroxylation is 1. The molecule has 0 radical (unpaired) electrons. The first-order valence-corrected chi connectivity index (χ1v) is 8.17. The molecule has 1 heterocycles. The zero-order valence-electron chi connectivity index (χ0n) is 13.0. The van der Waals surface area contributed by atoms with Crippen molar-refractivity contribution in [3.05, 3.63) is 32.9 Å². The fraction of sp³-hybridized carbons (Fsp3) is 0.625. The minimum atomic E-state index is -0.187. The van der Waals surface area contributed by atoms with Crippen LogP contribution in [0.15, 0.2) is 18.2 Å². The highest BCUT2D eigenvalue weighted by Gasteiger charge is 2.49. The Morgan fingerprint density at radius 2 is 2.00 bits per heavy atom. The second kappa shape index (κ2) is 5.55. The number of benzene rings is 1. The summed E-state index contributed by atoms with van der Waals surface area (Å²) >= 11 is 2.41. The molecule has 1 aliphatic rings. The van der Waals surface area contributed by atoms with Gasteiger partial charge in [-0.1, -0.05) is 18.2 Å². The van der Waals surface area contributed by atoms with Gasteiger partial charge in [0.15, 0.2) is 0 Å². The number of halogens is 1. The summed E-state index contributed by atoms with van der Waals surface area (Å²) in [5, 5.41) is 0. The van der Waals surface area contributed by atoms with Crippen LogP contribution in [0.4, 0.5) is 0 Å². The fourth-order valence-electron chi connectivity index (χ4n) is 3.46. The van der Waals surface area contributed by atoms with Crippen LogP contribution in [-0.2, 0) is 4.74 Å². The van der Waals surface area contributed by atoms with E-state index >= 15 is 0 Å². The van der Waals surface area contributed by atoms with Gasteiger partial charge in [0.25, 0.3) is 0 Å². The highest BCUT2D eigenvalue weighted by atomic mass is 127. The van der Waals surface area contributed by atoms with E-state index in [4.69, 9.17) is 10.6 Å². The van der Waals surface area contributed by atoms with Crippen LogP contribution in [0, 0.1) is 16.4 Å². The highest BCUT2D eigenvalue weighted by Crippen LogP contribution is 2.48. The van der Waals surface area contributed by atoms with Crippen LogP contribution in [0.25, 0.3) is 0 Å². The molecule has 2 unspecified atom stereocenters. The van der Waals surface area contributed by atoms with Crippen molar-refractivity contribution >= 4 is 22.6 Å². The second-order valence-corrected chi connectivity index (χ2v) is 7.98. The molecule has 3 nitrogen and oxygen atoms in total. The molecule has 0 aromatic heterocycles. The van der Waals surface area contributed by atoms with Crippen molar-refractivity contribution in [2.24, 2.45) is 11.8 Å². The first-order valence-electron chi connectivity index (χ1n) is 7.09. The molecule has 0 aliphatic carbocycles. The van der Waals surface area contributed by atoms with Gasteiger partial charge < -0.3 is 4.74 Å². The van der Waals surface area contributed by atoms with Gasteiger partial charge in [-0.2, -0.15) is 0 Å². The van der Waals surface area contributed by atoms with Crippen molar-refractivity contribution in [2.75, 3.05) is 0 Å². The van der Waals surface area contributed by atoms with Gasteiger partial charge in [-0.3, -0.25) is 11.3 Å². The Balaban J connectivity index is 2.40. The molecule has 1 aromatic rings. The normalized spacial score (nSPS) is 25.6. The van der Waals surface area contributed by atoms with Crippen LogP contribution in [0.2, 0.25) is 0 Å². The van der Waals surface area contributed by atoms with E-state index in [0.29, 0.717) is 5.92 Å². The molecule has 4 heteroatoms. The number of hydrogen-bond donors (Lipinski definition) is 2. The lowest BCUT2D eigenvalue weighted by molar-refractivity contribution is -0.0779. The van der Waals surface area contributed by atoms with Gasteiger partial charge in [-0.15, -0.1) is 0 Å². The standard InChI is InChI=1S/C16H25IN2O/c1-10-7-6-8-11(13(10)17)14(19-18)12-9-15(2,3)20-16(12,4)5/h6-8,12,14,19H,9,18H2,1-5H3. The van der Waals surface area contributed by atoms with Crippen LogP contribution < -0.4 is 11.3 Å². The molecule has 0 spiro atoms. The summed E-state index contributed by atoms with van der Waals surface area (Å²) in [5.41, 5.74) is 5.31. The van der Waals surface area contributed by atoms with Crippen LogP contribution in [0.1, 0.15) is 51.3 Å². The first-order chi connectivity index (χ1) is 9.18. The van der Waals surface area contributed by atoms with Crippen LogP contribution in [0.3, 0.4) is 0 Å². The molecule has 0 bridgehead atoms. The Morgan fingerprint density at radius 3 is 2.50 bits per heavy atom. The summed E-state index contributed by atoms with van der Waals surface area (Å²) < 4.78 is 7.51. The number of hydrogen-bond acceptors (Lipinski definition) is 3. The van der Waals surface area contributed by atoms with Gasteiger partial charge in [0.1, 0.15) is 0 Å². The smallest absolute Gasteiger partial charge is 0.0681 e. The minimum Gasteiger partial charge on any atom is -0.369 e. The maximum atomic E-state index is 6.23. The van der Waals surface area contributed by atoms with E-state index < -0.39 is 0 Å². The third-order valence-electron chi connectivity index (χ3n) is 4.28. The summed E-state index contributed by atoms with van der Waals surface area (Å²) in [7, 11) is 0. The van der Waals surface area contributed by atoms with E-state index in [9.17, 15) is 0 Å². The molecule has 0 saturated carbocycles. The average Bonchev–Trinajstić information content (AvgIpc) is 2.54. The fourth-order valence-corrected chi connectivity index (χ4v) is 4.15. The number of rotatable bonds is 3. The Labute approximate surface area is 135 Å². The van der Waals surface area contributed by atoms with Gasteiger partial charge in [-0.25, -0.2) is 0 Å². The number of nitrogens with two attached hydrogens (primary N) is 1. The van der Waals surface area contributed by atoms with Crippen molar-refractivity contribution in [1.29, 1.82) is 0 Å². The predicted molar refractivity (Wildman–Crippen MR) is 91.3 cm³/mol. The van der Waals surface area contributed by atoms with E-state index in [1.54, 1.807) is 0 Å². The SMILES string of the molecule is Cc1cccc(C(NN)C2CC(C)(C)OC2(C)C)c1I. The first kappa shape index (κ1) is 16.2. The highest BCUT2D eigenvalue weighted by molar-refractivity contribution is 14.1. The molecule has 2 rings (SSSR count). The summed E-state index contributed by atoms with van der Waals surface area (Å²) in [6.45, 7) is 10.8. The topological polar surface area (TPSA) is 47.3 Å². The van der Waals surface area contributed by atoms with E-state index in [0.717, 1.165) is 6.42 Å². The molecule has 2 atom stereocenters. The second-order valence-electron chi connectivity index (χ2n) is 6.90. The lowest BCUT2D eigenvalue weighted by Crippen LogP contribution is -2.41. The molecule has 1 aromatic carbocycles. The van der Waals surface area contributed by atoms with Crippen molar-refractivity contribution in [3.8, 4) is 0 Å². The van der Waals surface area contributed by atoms with Gasteiger partial charge in [0.05, 0.1) is 17.2 Å². The van der Waals surface area contributed by atoms with Crippen molar-refractivity contribution in [3.63, 3.8) is 0 Å². The Kier molecular flexibility index (Phi) is 4.50. The molecule has 0 amide bonds. The number of nitrogens with one attached hydrogen (secondary N) is 1. The van der Waals surface area contributed by atoms with Crippen LogP contribution >= 0.6 is 22.6 Å². The maximum absolute atomic E-state index is 6.23. The Hall–Kier alpha value is -0.170. The lowest BCUT2D eigenvalue weighted by atomic mass is 9.79. The molecular formula is C16H25IN2O. The van der Waals surface area contributed by atoms with Crippen molar-refractivity contribution < 1.29 is 4.74 Å². The quantitative estimate of drug-likeness (QED) is 0.472. The summed E-state index contributed by atoms with van der Waals surface area (Å²) in [4.78, 5) is 0. The van der Waals surface area contributed by atoms with E-state index in [1.165, 1.54) is 14.7 Å². The summed E-state index contributed by atoms with van der Waals surface area (Å²) in [6.07, 6.45) is 0.999. The largest absolute Gasteiger partial charge is 0.369 e. The van der Waals surface area contributed by atoms with Gasteiger partial charge in [0.2, 0.25) is 0 Å². The third kappa shape index (κ3) is 3.03. The van der Waals surface area contributed by atoms with E-state index in [1.807, 2.05) is 0 Å². The average molecular weight is 388 g/mol.